The molecule has 0 aliphatic rings. The Morgan fingerprint density at radius 1 is 0.844 bits per heavy atom. The summed E-state index contributed by atoms with van der Waals surface area (Å²) in [6, 6.07) is 15.3. The summed E-state index contributed by atoms with van der Waals surface area (Å²) in [5, 5.41) is 2.60. The third kappa shape index (κ3) is 6.50. The molecule has 2 aromatic carbocycles. The molecule has 0 aliphatic heterocycles. The van der Waals surface area contributed by atoms with Gasteiger partial charge in [-0.3, -0.25) is 4.79 Å². The summed E-state index contributed by atoms with van der Waals surface area (Å²) in [7, 11) is -7.44. The molecule has 0 saturated heterocycles. The fourth-order valence-electron chi connectivity index (χ4n) is 2.70. The Labute approximate surface area is 186 Å². The summed E-state index contributed by atoms with van der Waals surface area (Å²) in [4.78, 5) is 12.3. The zero-order chi connectivity index (χ0) is 23.2. The van der Waals surface area contributed by atoms with Crippen molar-refractivity contribution in [1.29, 1.82) is 0 Å². The van der Waals surface area contributed by atoms with Crippen molar-refractivity contribution in [3.05, 3.63) is 78.3 Å². The summed E-state index contributed by atoms with van der Waals surface area (Å²) < 4.78 is 59.0. The number of anilines is 1. The molecule has 0 unspecified atom stereocenters. The Kier molecular flexibility index (Phi) is 7.46. The first kappa shape index (κ1) is 23.7. The molecule has 3 rings (SSSR count). The third-order valence-corrected chi connectivity index (χ3v) is 7.33. The van der Waals surface area contributed by atoms with Gasteiger partial charge in [0.2, 0.25) is 26.0 Å². The van der Waals surface area contributed by atoms with Crippen LogP contribution in [0.25, 0.3) is 0 Å². The highest BCUT2D eigenvalue weighted by Gasteiger charge is 2.16. The van der Waals surface area contributed by atoms with E-state index in [1.807, 2.05) is 6.92 Å². The maximum atomic E-state index is 12.3. The van der Waals surface area contributed by atoms with Gasteiger partial charge in [-0.1, -0.05) is 17.7 Å². The molecule has 0 aliphatic carbocycles. The average molecular weight is 478 g/mol. The minimum absolute atomic E-state index is 0.0202. The van der Waals surface area contributed by atoms with E-state index in [1.54, 1.807) is 24.3 Å². The van der Waals surface area contributed by atoms with Gasteiger partial charge in [0.05, 0.1) is 22.6 Å². The Morgan fingerprint density at radius 2 is 1.44 bits per heavy atom. The zero-order valence-electron chi connectivity index (χ0n) is 17.2. The molecule has 0 radical (unpaired) electrons. The number of furan rings is 1. The topological polar surface area (TPSA) is 135 Å². The van der Waals surface area contributed by atoms with Crippen LogP contribution in [0.2, 0.25) is 0 Å². The van der Waals surface area contributed by atoms with Crippen LogP contribution in [-0.4, -0.2) is 29.3 Å². The van der Waals surface area contributed by atoms with Crippen LogP contribution in [0.4, 0.5) is 5.69 Å². The van der Waals surface area contributed by atoms with E-state index in [2.05, 4.69) is 14.8 Å². The predicted molar refractivity (Wildman–Crippen MR) is 119 cm³/mol. The van der Waals surface area contributed by atoms with E-state index in [1.165, 1.54) is 42.7 Å². The van der Waals surface area contributed by atoms with Gasteiger partial charge in [0.15, 0.2) is 0 Å². The van der Waals surface area contributed by atoms with Crippen LogP contribution >= 0.6 is 0 Å². The van der Waals surface area contributed by atoms with E-state index < -0.39 is 26.0 Å². The van der Waals surface area contributed by atoms with Gasteiger partial charge < -0.3 is 9.73 Å². The van der Waals surface area contributed by atoms with E-state index >= 15 is 0 Å². The molecule has 1 aromatic heterocycles. The Balaban J connectivity index is 1.49. The standard InChI is InChI=1S/C21H23N3O6S2/c1-16-4-8-19(9-5-16)31(26,27)22-13-12-21(25)24-17-6-10-20(11-7-17)32(28,29)23-15-18-3-2-14-30-18/h2-11,14,22-23H,12-13,15H2,1H3,(H,24,25). The van der Waals surface area contributed by atoms with Crippen molar-refractivity contribution in [2.24, 2.45) is 0 Å². The fraction of sp³-hybridized carbons (Fsp3) is 0.190. The highest BCUT2D eigenvalue weighted by molar-refractivity contribution is 7.89. The lowest BCUT2D eigenvalue weighted by molar-refractivity contribution is -0.116. The first-order chi connectivity index (χ1) is 15.2. The predicted octanol–water partition coefficient (Wildman–Crippen LogP) is 2.37. The van der Waals surface area contributed by atoms with E-state index in [0.29, 0.717) is 11.4 Å². The lowest BCUT2D eigenvalue weighted by Crippen LogP contribution is -2.27. The van der Waals surface area contributed by atoms with Crippen LogP contribution in [0.15, 0.2) is 81.1 Å². The normalized spacial score (nSPS) is 11.9. The molecular weight excluding hydrogens is 454 g/mol. The molecule has 0 saturated carbocycles. The number of rotatable bonds is 10. The fourth-order valence-corrected chi connectivity index (χ4v) is 4.73. The molecule has 32 heavy (non-hydrogen) atoms. The molecule has 3 aromatic rings. The van der Waals surface area contributed by atoms with Gasteiger partial charge in [0.25, 0.3) is 0 Å². The summed E-state index contributed by atoms with van der Waals surface area (Å²) in [5.74, 6) is 0.0682. The number of carbonyl (C=O) groups is 1. The summed E-state index contributed by atoms with van der Waals surface area (Å²) in [6.45, 7) is 1.80. The monoisotopic (exact) mass is 477 g/mol. The van der Waals surface area contributed by atoms with Crippen LogP contribution < -0.4 is 14.8 Å². The van der Waals surface area contributed by atoms with Crippen molar-refractivity contribution >= 4 is 31.6 Å². The smallest absolute Gasteiger partial charge is 0.240 e. The number of nitrogens with one attached hydrogen (secondary N) is 3. The first-order valence-electron chi connectivity index (χ1n) is 9.64. The van der Waals surface area contributed by atoms with Gasteiger partial charge in [-0.25, -0.2) is 26.3 Å². The van der Waals surface area contributed by atoms with E-state index in [0.717, 1.165) is 5.56 Å². The second kappa shape index (κ2) is 10.1. The molecule has 1 amide bonds. The highest BCUT2D eigenvalue weighted by Crippen LogP contribution is 2.15. The molecular formula is C21H23N3O6S2. The second-order valence-electron chi connectivity index (χ2n) is 6.94. The molecule has 170 valence electrons. The SMILES string of the molecule is Cc1ccc(S(=O)(=O)NCCC(=O)Nc2ccc(S(=O)(=O)NCc3ccco3)cc2)cc1. The summed E-state index contributed by atoms with van der Waals surface area (Å²) in [6.07, 6.45) is 1.37. The lowest BCUT2D eigenvalue weighted by atomic mass is 10.2. The van der Waals surface area contributed by atoms with Crippen molar-refractivity contribution in [3.63, 3.8) is 0 Å². The minimum Gasteiger partial charge on any atom is -0.468 e. The van der Waals surface area contributed by atoms with Gasteiger partial charge >= 0.3 is 0 Å². The number of aryl methyl sites for hydroxylation is 1. The molecule has 0 fully saturated rings. The maximum absolute atomic E-state index is 12.3. The largest absolute Gasteiger partial charge is 0.468 e. The quantitative estimate of drug-likeness (QED) is 0.410. The van der Waals surface area contributed by atoms with Crippen molar-refractivity contribution < 1.29 is 26.0 Å². The van der Waals surface area contributed by atoms with Crippen LogP contribution in [-0.2, 0) is 31.4 Å². The Hall–Kier alpha value is -2.99. The molecule has 3 N–H and O–H groups in total. The van der Waals surface area contributed by atoms with Crippen molar-refractivity contribution in [3.8, 4) is 0 Å². The highest BCUT2D eigenvalue weighted by atomic mass is 32.2. The Morgan fingerprint density at radius 3 is 2.03 bits per heavy atom. The van der Waals surface area contributed by atoms with Crippen molar-refractivity contribution in [2.45, 2.75) is 29.7 Å². The number of hydrogen-bond donors (Lipinski definition) is 3. The Bertz CT molecular complexity index is 1250. The molecule has 1 heterocycles. The van der Waals surface area contributed by atoms with E-state index in [4.69, 9.17) is 4.42 Å². The summed E-state index contributed by atoms with van der Waals surface area (Å²) in [5.41, 5.74) is 1.33. The van der Waals surface area contributed by atoms with Gasteiger partial charge in [-0.15, -0.1) is 0 Å². The number of benzene rings is 2. The van der Waals surface area contributed by atoms with Gasteiger partial charge in [-0.05, 0) is 55.5 Å². The number of hydrogen-bond acceptors (Lipinski definition) is 6. The molecule has 9 nitrogen and oxygen atoms in total. The van der Waals surface area contributed by atoms with Crippen LogP contribution in [0, 0.1) is 6.92 Å². The van der Waals surface area contributed by atoms with Crippen LogP contribution in [0.1, 0.15) is 17.7 Å². The van der Waals surface area contributed by atoms with Crippen LogP contribution in [0.5, 0.6) is 0 Å². The number of sulfonamides is 2. The number of amides is 1. The number of carbonyl (C=O) groups excluding carboxylic acids is 1. The van der Waals surface area contributed by atoms with Crippen LogP contribution in [0.3, 0.4) is 0 Å². The van der Waals surface area contributed by atoms with E-state index in [9.17, 15) is 21.6 Å². The average Bonchev–Trinajstić information content (AvgIpc) is 3.27. The maximum Gasteiger partial charge on any atom is 0.240 e. The third-order valence-electron chi connectivity index (χ3n) is 4.44. The van der Waals surface area contributed by atoms with Gasteiger partial charge in [0, 0.05) is 18.7 Å². The minimum atomic E-state index is -3.74. The van der Waals surface area contributed by atoms with E-state index in [-0.39, 0.29) is 29.3 Å². The van der Waals surface area contributed by atoms with Gasteiger partial charge in [0.1, 0.15) is 5.76 Å². The van der Waals surface area contributed by atoms with Crippen molar-refractivity contribution in [1.82, 2.24) is 9.44 Å². The molecule has 11 heteroatoms. The summed E-state index contributed by atoms with van der Waals surface area (Å²) >= 11 is 0. The first-order valence-corrected chi connectivity index (χ1v) is 12.6. The molecule has 0 spiro atoms. The molecule has 0 atom stereocenters. The lowest BCUT2D eigenvalue weighted by Gasteiger charge is -2.09. The van der Waals surface area contributed by atoms with Crippen molar-refractivity contribution in [2.75, 3.05) is 11.9 Å². The molecule has 0 bridgehead atoms. The second-order valence-corrected chi connectivity index (χ2v) is 10.5. The van der Waals surface area contributed by atoms with Gasteiger partial charge in [-0.2, -0.15) is 0 Å². The zero-order valence-corrected chi connectivity index (χ0v) is 18.9.